The monoisotopic (exact) mass is 399 g/mol. The van der Waals surface area contributed by atoms with E-state index in [4.69, 9.17) is 16.3 Å². The minimum atomic E-state index is -0.440. The topological polar surface area (TPSA) is 88.5 Å². The number of non-ortho nitro benzene ring substituents is 1. The van der Waals surface area contributed by atoms with Crippen LogP contribution in [0.5, 0.6) is 0 Å². The van der Waals surface area contributed by atoms with Gasteiger partial charge in [0.15, 0.2) is 0 Å². The third kappa shape index (κ3) is 3.07. The van der Waals surface area contributed by atoms with Gasteiger partial charge in [0.05, 0.1) is 11.5 Å². The second kappa shape index (κ2) is 7.16. The summed E-state index contributed by atoms with van der Waals surface area (Å²) in [6, 6.07) is 11.5. The van der Waals surface area contributed by atoms with Crippen molar-refractivity contribution in [1.29, 1.82) is 0 Å². The second-order valence-electron chi connectivity index (χ2n) is 6.60. The van der Waals surface area contributed by atoms with Crippen LogP contribution in [0, 0.1) is 10.1 Å². The number of carbonyl (C=O) groups excluding carboxylic acids is 1. The number of ether oxygens (including phenoxy) is 1. The largest absolute Gasteiger partial charge is 0.450 e. The summed E-state index contributed by atoms with van der Waals surface area (Å²) in [4.78, 5) is 28.2. The highest BCUT2D eigenvalue weighted by molar-refractivity contribution is 6.31. The van der Waals surface area contributed by atoms with Gasteiger partial charge in [-0.2, -0.15) is 0 Å². The Morgan fingerprint density at radius 2 is 2.07 bits per heavy atom. The molecule has 0 saturated carbocycles. The van der Waals surface area contributed by atoms with Crippen molar-refractivity contribution in [3.63, 3.8) is 0 Å². The minimum Gasteiger partial charge on any atom is -0.450 e. The number of amides is 1. The number of rotatable bonds is 3. The second-order valence-corrected chi connectivity index (χ2v) is 7.04. The predicted molar refractivity (Wildman–Crippen MR) is 106 cm³/mol. The fraction of sp³-hybridized carbons (Fsp3) is 0.250. The number of hydrogen-bond acceptors (Lipinski definition) is 4. The standard InChI is InChI=1S/C20H18ClN3O4/c1-2-28-20(25)23-10-9-15-16-11-13(21)5-8-17(16)22-18(15)19(23)12-3-6-14(7-4-12)24(26)27/h3-8,11,19,22H,2,9-10H2,1H3. The Kier molecular flexibility index (Phi) is 4.68. The average Bonchev–Trinajstić information content (AvgIpc) is 3.05. The lowest BCUT2D eigenvalue weighted by Gasteiger charge is -2.35. The van der Waals surface area contributed by atoms with E-state index in [-0.39, 0.29) is 12.3 Å². The van der Waals surface area contributed by atoms with E-state index >= 15 is 0 Å². The number of aromatic amines is 1. The highest BCUT2D eigenvalue weighted by atomic mass is 35.5. The Labute approximate surface area is 166 Å². The summed E-state index contributed by atoms with van der Waals surface area (Å²) in [6.07, 6.45) is 0.256. The Morgan fingerprint density at radius 1 is 1.32 bits per heavy atom. The van der Waals surface area contributed by atoms with Crippen LogP contribution in [0.15, 0.2) is 42.5 Å². The summed E-state index contributed by atoms with van der Waals surface area (Å²) in [6.45, 7) is 2.52. The number of fused-ring (bicyclic) bond motifs is 3. The number of aromatic nitrogens is 1. The first-order valence-corrected chi connectivity index (χ1v) is 9.35. The number of nitro groups is 1. The molecule has 0 spiro atoms. The van der Waals surface area contributed by atoms with Crippen molar-refractivity contribution in [1.82, 2.24) is 9.88 Å². The van der Waals surface area contributed by atoms with Crippen LogP contribution in [0.25, 0.3) is 10.9 Å². The van der Waals surface area contributed by atoms with Gasteiger partial charge in [-0.3, -0.25) is 15.0 Å². The molecule has 3 aromatic rings. The maximum absolute atomic E-state index is 12.6. The van der Waals surface area contributed by atoms with E-state index in [1.807, 2.05) is 18.2 Å². The summed E-state index contributed by atoms with van der Waals surface area (Å²) in [7, 11) is 0. The fourth-order valence-corrected chi connectivity index (χ4v) is 3.96. The first kappa shape index (κ1) is 18.3. The molecule has 1 unspecified atom stereocenters. The molecule has 0 aliphatic carbocycles. The molecule has 1 aliphatic rings. The first-order chi connectivity index (χ1) is 13.5. The van der Waals surface area contributed by atoms with Crippen molar-refractivity contribution in [3.05, 3.63) is 74.4 Å². The van der Waals surface area contributed by atoms with E-state index in [0.717, 1.165) is 27.7 Å². The highest BCUT2D eigenvalue weighted by Crippen LogP contribution is 2.39. The molecule has 1 atom stereocenters. The lowest BCUT2D eigenvalue weighted by molar-refractivity contribution is -0.384. The number of hydrogen-bond donors (Lipinski definition) is 1. The maximum Gasteiger partial charge on any atom is 0.410 e. The summed E-state index contributed by atoms with van der Waals surface area (Å²) in [5.74, 6) is 0. The summed E-state index contributed by atoms with van der Waals surface area (Å²) >= 11 is 6.18. The van der Waals surface area contributed by atoms with Gasteiger partial charge >= 0.3 is 6.09 Å². The Morgan fingerprint density at radius 3 is 2.75 bits per heavy atom. The van der Waals surface area contributed by atoms with Gasteiger partial charge in [-0.15, -0.1) is 0 Å². The number of carbonyl (C=O) groups is 1. The lowest BCUT2D eigenvalue weighted by atomic mass is 9.92. The quantitative estimate of drug-likeness (QED) is 0.504. The van der Waals surface area contributed by atoms with Crippen LogP contribution in [-0.2, 0) is 11.2 Å². The van der Waals surface area contributed by atoms with Crippen molar-refractivity contribution in [3.8, 4) is 0 Å². The summed E-state index contributed by atoms with van der Waals surface area (Å²) < 4.78 is 5.25. The van der Waals surface area contributed by atoms with Crippen LogP contribution in [0.2, 0.25) is 5.02 Å². The molecule has 2 aromatic carbocycles. The van der Waals surface area contributed by atoms with Crippen LogP contribution in [0.3, 0.4) is 0 Å². The van der Waals surface area contributed by atoms with E-state index in [9.17, 15) is 14.9 Å². The van der Waals surface area contributed by atoms with Gasteiger partial charge in [0.1, 0.15) is 6.04 Å². The number of nitro benzene ring substituents is 1. The molecule has 8 heteroatoms. The van der Waals surface area contributed by atoms with E-state index in [1.54, 1.807) is 24.0 Å². The molecular formula is C20H18ClN3O4. The summed E-state index contributed by atoms with van der Waals surface area (Å²) in [5, 5.41) is 12.7. The van der Waals surface area contributed by atoms with Crippen LogP contribution >= 0.6 is 11.6 Å². The van der Waals surface area contributed by atoms with Gasteiger partial charge in [0, 0.05) is 40.3 Å². The Bertz CT molecular complexity index is 1060. The van der Waals surface area contributed by atoms with E-state index in [1.165, 1.54) is 12.1 Å². The molecule has 0 radical (unpaired) electrons. The van der Waals surface area contributed by atoms with E-state index in [2.05, 4.69) is 4.98 Å². The van der Waals surface area contributed by atoms with E-state index < -0.39 is 17.1 Å². The molecule has 1 aliphatic heterocycles. The molecule has 1 N–H and O–H groups in total. The van der Waals surface area contributed by atoms with Gasteiger partial charge in [-0.25, -0.2) is 4.79 Å². The average molecular weight is 400 g/mol. The molecular weight excluding hydrogens is 382 g/mol. The number of nitrogens with one attached hydrogen (secondary N) is 1. The maximum atomic E-state index is 12.6. The SMILES string of the molecule is CCOC(=O)N1CCc2c([nH]c3ccc(Cl)cc23)C1c1ccc([N+](=O)[O-])cc1. The number of H-pyrrole nitrogens is 1. The van der Waals surface area contributed by atoms with Gasteiger partial charge in [0.25, 0.3) is 5.69 Å². The molecule has 1 aromatic heterocycles. The zero-order valence-electron chi connectivity index (χ0n) is 15.1. The van der Waals surface area contributed by atoms with Crippen molar-refractivity contribution < 1.29 is 14.5 Å². The van der Waals surface area contributed by atoms with Crippen LogP contribution in [-0.4, -0.2) is 34.1 Å². The van der Waals surface area contributed by atoms with Crippen molar-refractivity contribution in [2.24, 2.45) is 0 Å². The van der Waals surface area contributed by atoms with Crippen molar-refractivity contribution in [2.45, 2.75) is 19.4 Å². The molecule has 4 rings (SSSR count). The van der Waals surface area contributed by atoms with Gasteiger partial charge in [-0.1, -0.05) is 11.6 Å². The third-order valence-electron chi connectivity index (χ3n) is 5.01. The molecule has 2 heterocycles. The zero-order chi connectivity index (χ0) is 19.8. The van der Waals surface area contributed by atoms with Crippen molar-refractivity contribution >= 4 is 34.3 Å². The molecule has 0 bridgehead atoms. The van der Waals surface area contributed by atoms with E-state index in [0.29, 0.717) is 18.0 Å². The smallest absolute Gasteiger partial charge is 0.410 e. The van der Waals surface area contributed by atoms with Crippen LogP contribution in [0.4, 0.5) is 10.5 Å². The zero-order valence-corrected chi connectivity index (χ0v) is 15.9. The first-order valence-electron chi connectivity index (χ1n) is 8.97. The van der Waals surface area contributed by atoms with Gasteiger partial charge in [-0.05, 0) is 54.8 Å². The summed E-state index contributed by atoms with van der Waals surface area (Å²) in [5.41, 5.74) is 3.70. The Hall–Kier alpha value is -3.06. The molecule has 0 saturated heterocycles. The van der Waals surface area contributed by atoms with Crippen molar-refractivity contribution in [2.75, 3.05) is 13.2 Å². The van der Waals surface area contributed by atoms with Crippen LogP contribution in [0.1, 0.15) is 29.8 Å². The number of nitrogens with zero attached hydrogens (tertiary/aromatic N) is 2. The predicted octanol–water partition coefficient (Wildman–Crippen LogP) is 4.83. The number of halogens is 1. The van der Waals surface area contributed by atoms with Crippen LogP contribution < -0.4 is 0 Å². The van der Waals surface area contributed by atoms with Gasteiger partial charge < -0.3 is 9.72 Å². The Balaban J connectivity index is 1.86. The normalized spacial score (nSPS) is 16.1. The molecule has 7 nitrogen and oxygen atoms in total. The molecule has 1 amide bonds. The number of benzene rings is 2. The minimum absolute atomic E-state index is 0.00546. The highest BCUT2D eigenvalue weighted by Gasteiger charge is 2.35. The van der Waals surface area contributed by atoms with Gasteiger partial charge in [0.2, 0.25) is 0 Å². The molecule has 0 fully saturated rings. The fourth-order valence-electron chi connectivity index (χ4n) is 3.79. The third-order valence-corrected chi connectivity index (χ3v) is 5.25. The lowest BCUT2D eigenvalue weighted by Crippen LogP contribution is -2.40. The molecule has 144 valence electrons. The molecule has 28 heavy (non-hydrogen) atoms.